The van der Waals surface area contributed by atoms with E-state index in [1.165, 1.54) is 41.4 Å². The molecule has 3 nitrogen and oxygen atoms in total. The molecule has 1 unspecified atom stereocenters. The maximum absolute atomic E-state index is 5.79. The third-order valence-corrected chi connectivity index (χ3v) is 4.19. The molecule has 0 saturated heterocycles. The molecule has 0 spiro atoms. The van der Waals surface area contributed by atoms with Crippen LogP contribution < -0.4 is 10.1 Å². The number of hydrogen-bond donors (Lipinski definition) is 2. The largest absolute Gasteiger partial charge is 0.494 e. The van der Waals surface area contributed by atoms with Crippen molar-refractivity contribution < 1.29 is 4.74 Å². The highest BCUT2D eigenvalue weighted by Crippen LogP contribution is 2.36. The maximum Gasteiger partial charge on any atom is 0.120 e. The minimum absolute atomic E-state index is 0.459. The van der Waals surface area contributed by atoms with Crippen molar-refractivity contribution in [2.45, 2.75) is 58.5 Å². The Morgan fingerprint density at radius 1 is 1.38 bits per heavy atom. The molecule has 1 aliphatic carbocycles. The van der Waals surface area contributed by atoms with Gasteiger partial charge in [0.25, 0.3) is 0 Å². The number of nitrogens with one attached hydrogen (secondary N) is 2. The zero-order valence-electron chi connectivity index (χ0n) is 13.3. The summed E-state index contributed by atoms with van der Waals surface area (Å²) in [5.41, 5.74) is 4.11. The number of hydrogen-bond acceptors (Lipinski definition) is 2. The van der Waals surface area contributed by atoms with Crippen LogP contribution in [0.5, 0.6) is 5.75 Å². The molecule has 1 aromatic carbocycles. The molecular weight excluding hydrogens is 260 g/mol. The maximum atomic E-state index is 5.79. The molecule has 21 heavy (non-hydrogen) atoms. The molecule has 1 aromatic heterocycles. The third kappa shape index (κ3) is 2.93. The molecule has 0 bridgehead atoms. The summed E-state index contributed by atoms with van der Waals surface area (Å²) in [5.74, 6) is 0.991. The van der Waals surface area contributed by atoms with Crippen molar-refractivity contribution in [1.82, 2.24) is 10.3 Å². The number of fused-ring (bicyclic) bond motifs is 3. The standard InChI is InChI=1S/C18H26N2O/c1-4-10-21-13-8-9-16-15(11-13)14-6-5-7-17(18(14)20-16)19-12(2)3/h8-9,11-12,17,19-20H,4-7,10H2,1-3H3. The minimum atomic E-state index is 0.459. The zero-order valence-corrected chi connectivity index (χ0v) is 13.3. The van der Waals surface area contributed by atoms with E-state index in [1.807, 2.05) is 0 Å². The van der Waals surface area contributed by atoms with Crippen LogP contribution in [-0.2, 0) is 6.42 Å². The van der Waals surface area contributed by atoms with Crippen molar-refractivity contribution in [3.63, 3.8) is 0 Å². The molecule has 3 rings (SSSR count). The molecule has 1 heterocycles. The first-order chi connectivity index (χ1) is 10.2. The zero-order chi connectivity index (χ0) is 14.8. The predicted molar refractivity (Wildman–Crippen MR) is 88.0 cm³/mol. The smallest absolute Gasteiger partial charge is 0.120 e. The Morgan fingerprint density at radius 3 is 3.00 bits per heavy atom. The first-order valence-electron chi connectivity index (χ1n) is 8.22. The van der Waals surface area contributed by atoms with E-state index in [0.717, 1.165) is 18.8 Å². The van der Waals surface area contributed by atoms with E-state index >= 15 is 0 Å². The van der Waals surface area contributed by atoms with Crippen molar-refractivity contribution in [2.75, 3.05) is 6.61 Å². The Kier molecular flexibility index (Phi) is 4.20. The molecule has 0 radical (unpaired) electrons. The number of rotatable bonds is 5. The third-order valence-electron chi connectivity index (χ3n) is 4.19. The topological polar surface area (TPSA) is 37.0 Å². The van der Waals surface area contributed by atoms with Crippen LogP contribution in [0.4, 0.5) is 0 Å². The van der Waals surface area contributed by atoms with Gasteiger partial charge >= 0.3 is 0 Å². The number of aromatic amines is 1. The lowest BCUT2D eigenvalue weighted by Gasteiger charge is -2.25. The quantitative estimate of drug-likeness (QED) is 0.858. The van der Waals surface area contributed by atoms with Crippen molar-refractivity contribution in [3.05, 3.63) is 29.5 Å². The van der Waals surface area contributed by atoms with E-state index in [2.05, 4.69) is 49.3 Å². The monoisotopic (exact) mass is 286 g/mol. The second kappa shape index (κ2) is 6.10. The van der Waals surface area contributed by atoms with Gasteiger partial charge in [-0.15, -0.1) is 0 Å². The van der Waals surface area contributed by atoms with Crippen LogP contribution in [0, 0.1) is 0 Å². The lowest BCUT2D eigenvalue weighted by molar-refractivity contribution is 0.318. The number of benzene rings is 1. The normalized spacial score (nSPS) is 18.2. The van der Waals surface area contributed by atoms with E-state index in [1.54, 1.807) is 0 Å². The molecule has 3 heteroatoms. The SMILES string of the molecule is CCCOc1ccc2[nH]c3c(c2c1)CCCC3NC(C)C. The van der Waals surface area contributed by atoms with Gasteiger partial charge in [-0.05, 0) is 49.4 Å². The Labute approximate surface area is 127 Å². The molecule has 1 atom stereocenters. The predicted octanol–water partition coefficient (Wildman–Crippen LogP) is 4.33. The number of aromatic nitrogens is 1. The summed E-state index contributed by atoms with van der Waals surface area (Å²) < 4.78 is 5.79. The summed E-state index contributed by atoms with van der Waals surface area (Å²) >= 11 is 0. The van der Waals surface area contributed by atoms with Gasteiger partial charge in [-0.3, -0.25) is 0 Å². The van der Waals surface area contributed by atoms with Crippen molar-refractivity contribution in [3.8, 4) is 5.75 Å². The van der Waals surface area contributed by atoms with E-state index < -0.39 is 0 Å². The Balaban J connectivity index is 1.96. The average Bonchev–Trinajstić information content (AvgIpc) is 2.84. The highest BCUT2D eigenvalue weighted by atomic mass is 16.5. The van der Waals surface area contributed by atoms with Gasteiger partial charge < -0.3 is 15.0 Å². The second-order valence-electron chi connectivity index (χ2n) is 6.34. The van der Waals surface area contributed by atoms with Gasteiger partial charge in [-0.25, -0.2) is 0 Å². The first-order valence-corrected chi connectivity index (χ1v) is 8.22. The molecule has 2 N–H and O–H groups in total. The second-order valence-corrected chi connectivity index (χ2v) is 6.34. The van der Waals surface area contributed by atoms with Crippen LogP contribution in [-0.4, -0.2) is 17.6 Å². The highest BCUT2D eigenvalue weighted by molar-refractivity contribution is 5.86. The summed E-state index contributed by atoms with van der Waals surface area (Å²) in [6.45, 7) is 7.36. The van der Waals surface area contributed by atoms with Crippen molar-refractivity contribution in [1.29, 1.82) is 0 Å². The summed E-state index contributed by atoms with van der Waals surface area (Å²) in [6.07, 6.45) is 4.69. The van der Waals surface area contributed by atoms with E-state index in [0.29, 0.717) is 12.1 Å². The van der Waals surface area contributed by atoms with Crippen LogP contribution >= 0.6 is 0 Å². The Morgan fingerprint density at radius 2 is 2.24 bits per heavy atom. The summed E-state index contributed by atoms with van der Waals surface area (Å²) in [6, 6.07) is 7.41. The van der Waals surface area contributed by atoms with Crippen LogP contribution in [0.1, 0.15) is 57.3 Å². The average molecular weight is 286 g/mol. The summed E-state index contributed by atoms with van der Waals surface area (Å²) in [7, 11) is 0. The van der Waals surface area contributed by atoms with Gasteiger partial charge in [0.05, 0.1) is 6.61 Å². The molecule has 114 valence electrons. The molecular formula is C18H26N2O. The fourth-order valence-electron chi connectivity index (χ4n) is 3.32. The van der Waals surface area contributed by atoms with Gasteiger partial charge in [0.1, 0.15) is 5.75 Å². The molecule has 0 aliphatic heterocycles. The van der Waals surface area contributed by atoms with Gasteiger partial charge in [0, 0.05) is 28.7 Å². The number of H-pyrrole nitrogens is 1. The fraction of sp³-hybridized carbons (Fsp3) is 0.556. The Hall–Kier alpha value is -1.48. The fourth-order valence-corrected chi connectivity index (χ4v) is 3.32. The highest BCUT2D eigenvalue weighted by Gasteiger charge is 2.24. The molecule has 0 amide bonds. The van der Waals surface area contributed by atoms with Crippen molar-refractivity contribution in [2.24, 2.45) is 0 Å². The van der Waals surface area contributed by atoms with E-state index in [-0.39, 0.29) is 0 Å². The molecule has 0 saturated carbocycles. The van der Waals surface area contributed by atoms with Gasteiger partial charge in [0.15, 0.2) is 0 Å². The first kappa shape index (κ1) is 14.5. The van der Waals surface area contributed by atoms with Gasteiger partial charge in [-0.2, -0.15) is 0 Å². The van der Waals surface area contributed by atoms with E-state index in [4.69, 9.17) is 4.74 Å². The molecule has 2 aromatic rings. The molecule has 1 aliphatic rings. The van der Waals surface area contributed by atoms with Crippen LogP contribution in [0.3, 0.4) is 0 Å². The Bertz CT molecular complexity index is 615. The van der Waals surface area contributed by atoms with Crippen LogP contribution in [0.2, 0.25) is 0 Å². The van der Waals surface area contributed by atoms with E-state index in [9.17, 15) is 0 Å². The van der Waals surface area contributed by atoms with Crippen LogP contribution in [0.25, 0.3) is 10.9 Å². The van der Waals surface area contributed by atoms with Gasteiger partial charge in [0.2, 0.25) is 0 Å². The summed E-state index contributed by atoms with van der Waals surface area (Å²) in [5, 5.41) is 5.03. The van der Waals surface area contributed by atoms with Crippen LogP contribution in [0.15, 0.2) is 18.2 Å². The number of aryl methyl sites for hydroxylation is 1. The lowest BCUT2D eigenvalue weighted by atomic mass is 9.91. The molecule has 0 fully saturated rings. The summed E-state index contributed by atoms with van der Waals surface area (Å²) in [4.78, 5) is 3.64. The lowest BCUT2D eigenvalue weighted by Crippen LogP contribution is -2.30. The number of ether oxygens (including phenoxy) is 1. The minimum Gasteiger partial charge on any atom is -0.494 e. The van der Waals surface area contributed by atoms with Gasteiger partial charge in [-0.1, -0.05) is 20.8 Å². The van der Waals surface area contributed by atoms with Crippen molar-refractivity contribution >= 4 is 10.9 Å².